The predicted octanol–water partition coefficient (Wildman–Crippen LogP) is 3.21. The van der Waals surface area contributed by atoms with Crippen molar-refractivity contribution in [1.82, 2.24) is 5.32 Å². The molecule has 1 aliphatic carbocycles. The van der Waals surface area contributed by atoms with Gasteiger partial charge in [-0.2, -0.15) is 0 Å². The summed E-state index contributed by atoms with van der Waals surface area (Å²) in [6.45, 7) is 8.79. The number of hydrogen-bond donors (Lipinski definition) is 2. The number of benzene rings is 1. The van der Waals surface area contributed by atoms with Crippen molar-refractivity contribution in [2.24, 2.45) is 11.1 Å². The van der Waals surface area contributed by atoms with Crippen LogP contribution in [0.15, 0.2) is 30.3 Å². The summed E-state index contributed by atoms with van der Waals surface area (Å²) in [4.78, 5) is 11.9. The third-order valence-corrected chi connectivity index (χ3v) is 4.70. The third-order valence-electron chi connectivity index (χ3n) is 4.70. The summed E-state index contributed by atoms with van der Waals surface area (Å²) in [5.41, 5.74) is 6.81. The van der Waals surface area contributed by atoms with Gasteiger partial charge in [-0.3, -0.25) is 0 Å². The first kappa shape index (κ1) is 16.8. The molecule has 1 aliphatic rings. The third kappa shape index (κ3) is 3.43. The fraction of sp³-hybridized carbons (Fsp3) is 0.611. The lowest BCUT2D eigenvalue weighted by Crippen LogP contribution is -2.49. The molecule has 1 aromatic carbocycles. The second-order valence-corrected chi connectivity index (χ2v) is 7.57. The van der Waals surface area contributed by atoms with Gasteiger partial charge in [-0.15, -0.1) is 0 Å². The molecule has 0 saturated heterocycles. The minimum absolute atomic E-state index is 0.0675. The van der Waals surface area contributed by atoms with Crippen molar-refractivity contribution >= 4 is 6.09 Å². The highest BCUT2D eigenvalue weighted by atomic mass is 16.6. The summed E-state index contributed by atoms with van der Waals surface area (Å²) in [5, 5.41) is 2.91. The molecule has 4 nitrogen and oxygen atoms in total. The Kier molecular flexibility index (Phi) is 4.52. The maximum atomic E-state index is 11.9. The number of hydrogen-bond acceptors (Lipinski definition) is 3. The molecule has 122 valence electrons. The van der Waals surface area contributed by atoms with Gasteiger partial charge in [0.2, 0.25) is 0 Å². The molecule has 1 unspecified atom stereocenters. The molecule has 1 aromatic rings. The number of nitrogens with one attached hydrogen (secondary N) is 1. The largest absolute Gasteiger partial charge is 0.444 e. The molecular formula is C18H28N2O2. The van der Waals surface area contributed by atoms with Crippen LogP contribution >= 0.6 is 0 Å². The molecule has 1 saturated carbocycles. The normalized spacial score (nSPS) is 19.1. The first-order chi connectivity index (χ1) is 10.2. The molecule has 0 bridgehead atoms. The van der Waals surface area contributed by atoms with Crippen LogP contribution in [0, 0.1) is 5.41 Å². The molecule has 1 amide bonds. The van der Waals surface area contributed by atoms with Crippen LogP contribution in [0.5, 0.6) is 0 Å². The highest BCUT2D eigenvalue weighted by Crippen LogP contribution is 2.59. The maximum Gasteiger partial charge on any atom is 0.407 e. The van der Waals surface area contributed by atoms with Gasteiger partial charge in [0.1, 0.15) is 5.60 Å². The Labute approximate surface area is 133 Å². The topological polar surface area (TPSA) is 64.3 Å². The van der Waals surface area contributed by atoms with E-state index >= 15 is 0 Å². The van der Waals surface area contributed by atoms with Crippen LogP contribution in [-0.4, -0.2) is 24.8 Å². The zero-order valence-electron chi connectivity index (χ0n) is 14.1. The van der Waals surface area contributed by atoms with Crippen LogP contribution in [0.25, 0.3) is 0 Å². The van der Waals surface area contributed by atoms with Gasteiger partial charge in [0.15, 0.2) is 0 Å². The van der Waals surface area contributed by atoms with E-state index < -0.39 is 5.60 Å². The Morgan fingerprint density at radius 1 is 1.23 bits per heavy atom. The van der Waals surface area contributed by atoms with Gasteiger partial charge in [0.05, 0.1) is 0 Å². The number of carbonyl (C=O) groups excluding carboxylic acids is 1. The molecule has 0 radical (unpaired) electrons. The van der Waals surface area contributed by atoms with Crippen LogP contribution in [-0.2, 0) is 10.2 Å². The van der Waals surface area contributed by atoms with E-state index in [1.54, 1.807) is 0 Å². The number of ether oxygens (including phenoxy) is 1. The van der Waals surface area contributed by atoms with Gasteiger partial charge in [-0.05, 0) is 39.2 Å². The van der Waals surface area contributed by atoms with Crippen molar-refractivity contribution in [2.75, 3.05) is 13.1 Å². The highest BCUT2D eigenvalue weighted by molar-refractivity contribution is 5.67. The number of carbonyl (C=O) groups is 1. The van der Waals surface area contributed by atoms with Crippen LogP contribution in [0.3, 0.4) is 0 Å². The molecule has 2 rings (SSSR count). The first-order valence-corrected chi connectivity index (χ1v) is 7.95. The molecule has 0 aliphatic heterocycles. The van der Waals surface area contributed by atoms with Crippen LogP contribution < -0.4 is 11.1 Å². The summed E-state index contributed by atoms with van der Waals surface area (Å²) in [7, 11) is 0. The van der Waals surface area contributed by atoms with Crippen molar-refractivity contribution in [2.45, 2.75) is 51.6 Å². The van der Waals surface area contributed by atoms with Crippen molar-refractivity contribution in [1.29, 1.82) is 0 Å². The fourth-order valence-electron chi connectivity index (χ4n) is 3.14. The summed E-state index contributed by atoms with van der Waals surface area (Å²) in [6, 6.07) is 10.5. The molecule has 0 heterocycles. The fourth-order valence-corrected chi connectivity index (χ4v) is 3.14. The van der Waals surface area contributed by atoms with E-state index in [2.05, 4.69) is 36.5 Å². The van der Waals surface area contributed by atoms with Gasteiger partial charge in [-0.25, -0.2) is 4.79 Å². The van der Waals surface area contributed by atoms with Gasteiger partial charge in [0.25, 0.3) is 0 Å². The van der Waals surface area contributed by atoms with E-state index in [4.69, 9.17) is 10.5 Å². The molecule has 22 heavy (non-hydrogen) atoms. The van der Waals surface area contributed by atoms with Crippen molar-refractivity contribution in [3.05, 3.63) is 35.9 Å². The average molecular weight is 304 g/mol. The maximum absolute atomic E-state index is 11.9. The van der Waals surface area contributed by atoms with Gasteiger partial charge in [0, 0.05) is 23.9 Å². The molecule has 1 atom stereocenters. The summed E-state index contributed by atoms with van der Waals surface area (Å²) >= 11 is 0. The van der Waals surface area contributed by atoms with E-state index in [1.165, 1.54) is 5.56 Å². The zero-order valence-corrected chi connectivity index (χ0v) is 14.1. The van der Waals surface area contributed by atoms with E-state index in [9.17, 15) is 4.79 Å². The quantitative estimate of drug-likeness (QED) is 0.878. The lowest BCUT2D eigenvalue weighted by Gasteiger charge is -2.38. The average Bonchev–Trinajstić information content (AvgIpc) is 3.26. The smallest absolute Gasteiger partial charge is 0.407 e. The van der Waals surface area contributed by atoms with Gasteiger partial charge < -0.3 is 15.8 Å². The molecule has 0 spiro atoms. The number of amides is 1. The Bertz CT molecular complexity index is 518. The standard InChI is InChI=1S/C18H28N2O2/c1-16(2,3)22-15(21)20-13-17(4,12-19)18(10-11-18)14-8-6-5-7-9-14/h5-9H,10-13,19H2,1-4H3,(H,20,21). The first-order valence-electron chi connectivity index (χ1n) is 7.95. The Morgan fingerprint density at radius 3 is 2.27 bits per heavy atom. The summed E-state index contributed by atoms with van der Waals surface area (Å²) in [5.74, 6) is 0. The number of rotatable bonds is 5. The van der Waals surface area contributed by atoms with E-state index in [0.717, 1.165) is 12.8 Å². The molecule has 1 fully saturated rings. The van der Waals surface area contributed by atoms with E-state index in [1.807, 2.05) is 26.8 Å². The highest BCUT2D eigenvalue weighted by Gasteiger charge is 2.56. The van der Waals surface area contributed by atoms with E-state index in [0.29, 0.717) is 13.1 Å². The Morgan fingerprint density at radius 2 is 1.82 bits per heavy atom. The Balaban J connectivity index is 2.08. The lowest BCUT2D eigenvalue weighted by molar-refractivity contribution is 0.0493. The van der Waals surface area contributed by atoms with Crippen LogP contribution in [0.4, 0.5) is 4.79 Å². The van der Waals surface area contributed by atoms with Crippen molar-refractivity contribution in [3.8, 4) is 0 Å². The zero-order chi connectivity index (χ0) is 16.4. The summed E-state index contributed by atoms with van der Waals surface area (Å²) < 4.78 is 5.33. The Hall–Kier alpha value is -1.55. The van der Waals surface area contributed by atoms with Crippen LogP contribution in [0.2, 0.25) is 0 Å². The SMILES string of the molecule is CC(C)(C)OC(=O)NCC(C)(CN)C1(c2ccccc2)CC1. The molecular weight excluding hydrogens is 276 g/mol. The van der Waals surface area contributed by atoms with Gasteiger partial charge >= 0.3 is 6.09 Å². The monoisotopic (exact) mass is 304 g/mol. The number of alkyl carbamates (subject to hydrolysis) is 1. The second-order valence-electron chi connectivity index (χ2n) is 7.57. The molecule has 4 heteroatoms. The summed E-state index contributed by atoms with van der Waals surface area (Å²) in [6.07, 6.45) is 1.84. The van der Waals surface area contributed by atoms with Gasteiger partial charge in [-0.1, -0.05) is 37.3 Å². The van der Waals surface area contributed by atoms with Crippen LogP contribution in [0.1, 0.15) is 46.1 Å². The molecule has 3 N–H and O–H groups in total. The molecule has 0 aromatic heterocycles. The number of nitrogens with two attached hydrogens (primary N) is 1. The van der Waals surface area contributed by atoms with Crippen molar-refractivity contribution < 1.29 is 9.53 Å². The van der Waals surface area contributed by atoms with Crippen molar-refractivity contribution in [3.63, 3.8) is 0 Å². The lowest BCUT2D eigenvalue weighted by atomic mass is 9.70. The minimum atomic E-state index is -0.486. The van der Waals surface area contributed by atoms with E-state index in [-0.39, 0.29) is 16.9 Å². The second kappa shape index (κ2) is 5.92. The predicted molar refractivity (Wildman–Crippen MR) is 88.8 cm³/mol. The minimum Gasteiger partial charge on any atom is -0.444 e.